The number of hydrogen-bond acceptors (Lipinski definition) is 3. The van der Waals surface area contributed by atoms with Gasteiger partial charge in [0.2, 0.25) is 5.91 Å². The third-order valence-corrected chi connectivity index (χ3v) is 3.07. The van der Waals surface area contributed by atoms with E-state index in [9.17, 15) is 9.59 Å². The van der Waals surface area contributed by atoms with E-state index in [4.69, 9.17) is 5.26 Å². The van der Waals surface area contributed by atoms with Gasteiger partial charge in [0.05, 0.1) is 18.2 Å². The number of hydrogen-bond donors (Lipinski definition) is 2. The van der Waals surface area contributed by atoms with Gasteiger partial charge in [-0.15, -0.1) is 0 Å². The Morgan fingerprint density at radius 3 is 2.64 bits per heavy atom. The standard InChI is InChI=1S/C17H15N3O2/c1-12-5-2-3-8-15(12)17(22)19-11-16(21)20-14-7-4-6-13(9-14)10-18/h2-9H,11H2,1H3,(H,19,22)(H,20,21). The van der Waals surface area contributed by atoms with Crippen molar-refractivity contribution in [3.8, 4) is 6.07 Å². The van der Waals surface area contributed by atoms with Gasteiger partial charge in [-0.2, -0.15) is 5.26 Å². The molecule has 0 unspecified atom stereocenters. The maximum Gasteiger partial charge on any atom is 0.251 e. The normalized spacial score (nSPS) is 9.64. The number of carbonyl (C=O) groups is 2. The average Bonchev–Trinajstić information content (AvgIpc) is 2.53. The van der Waals surface area contributed by atoms with Crippen LogP contribution < -0.4 is 10.6 Å². The van der Waals surface area contributed by atoms with E-state index >= 15 is 0 Å². The highest BCUT2D eigenvalue weighted by Gasteiger charge is 2.10. The zero-order chi connectivity index (χ0) is 15.9. The van der Waals surface area contributed by atoms with Crippen molar-refractivity contribution < 1.29 is 9.59 Å². The van der Waals surface area contributed by atoms with Crippen molar-refractivity contribution in [3.63, 3.8) is 0 Å². The maximum absolute atomic E-state index is 12.0. The van der Waals surface area contributed by atoms with Crippen LogP contribution in [0.25, 0.3) is 0 Å². The molecule has 0 spiro atoms. The highest BCUT2D eigenvalue weighted by Crippen LogP contribution is 2.09. The SMILES string of the molecule is Cc1ccccc1C(=O)NCC(=O)Nc1cccc(C#N)c1. The Hall–Kier alpha value is -3.13. The van der Waals surface area contributed by atoms with Crippen LogP contribution in [0, 0.1) is 18.3 Å². The lowest BCUT2D eigenvalue weighted by molar-refractivity contribution is -0.115. The van der Waals surface area contributed by atoms with Crippen molar-refractivity contribution in [3.05, 3.63) is 65.2 Å². The Morgan fingerprint density at radius 2 is 1.91 bits per heavy atom. The van der Waals surface area contributed by atoms with Crippen LogP contribution in [0.3, 0.4) is 0 Å². The molecule has 0 aromatic heterocycles. The molecular weight excluding hydrogens is 278 g/mol. The number of carbonyl (C=O) groups excluding carboxylic acids is 2. The molecule has 5 heteroatoms. The van der Waals surface area contributed by atoms with Crippen LogP contribution in [-0.4, -0.2) is 18.4 Å². The lowest BCUT2D eigenvalue weighted by Gasteiger charge is -2.08. The molecule has 0 aliphatic carbocycles. The van der Waals surface area contributed by atoms with E-state index in [1.165, 1.54) is 0 Å². The minimum atomic E-state index is -0.350. The molecule has 0 aliphatic heterocycles. The number of nitrogens with one attached hydrogen (secondary N) is 2. The highest BCUT2D eigenvalue weighted by atomic mass is 16.2. The van der Waals surface area contributed by atoms with E-state index < -0.39 is 0 Å². The molecule has 0 saturated heterocycles. The second-order valence-corrected chi connectivity index (χ2v) is 4.74. The molecule has 0 saturated carbocycles. The number of rotatable bonds is 4. The van der Waals surface area contributed by atoms with Crippen LogP contribution in [0.1, 0.15) is 21.5 Å². The topological polar surface area (TPSA) is 82.0 Å². The summed E-state index contributed by atoms with van der Waals surface area (Å²) in [5.74, 6) is -0.643. The van der Waals surface area contributed by atoms with Gasteiger partial charge >= 0.3 is 0 Å². The average molecular weight is 293 g/mol. The molecule has 2 aromatic rings. The molecule has 2 amide bonds. The third kappa shape index (κ3) is 3.93. The van der Waals surface area contributed by atoms with E-state index in [0.717, 1.165) is 5.56 Å². The van der Waals surface area contributed by atoms with Crippen molar-refractivity contribution in [2.24, 2.45) is 0 Å². The van der Waals surface area contributed by atoms with Gasteiger partial charge < -0.3 is 10.6 Å². The van der Waals surface area contributed by atoms with Gasteiger partial charge in [-0.1, -0.05) is 24.3 Å². The first-order valence-corrected chi connectivity index (χ1v) is 6.74. The first-order valence-electron chi connectivity index (χ1n) is 6.74. The molecule has 0 fully saturated rings. The Labute approximate surface area is 128 Å². The summed E-state index contributed by atoms with van der Waals surface area (Å²) in [6, 6.07) is 15.7. The van der Waals surface area contributed by atoms with Gasteiger partial charge in [-0.05, 0) is 36.8 Å². The first kappa shape index (κ1) is 15.3. The Kier molecular flexibility index (Phi) is 4.89. The summed E-state index contributed by atoms with van der Waals surface area (Å²) >= 11 is 0. The lowest BCUT2D eigenvalue weighted by Crippen LogP contribution is -2.33. The number of nitriles is 1. The Bertz CT molecular complexity index is 748. The van der Waals surface area contributed by atoms with E-state index in [1.807, 2.05) is 25.1 Å². The van der Waals surface area contributed by atoms with E-state index in [0.29, 0.717) is 16.8 Å². The Morgan fingerprint density at radius 1 is 1.14 bits per heavy atom. The third-order valence-electron chi connectivity index (χ3n) is 3.07. The summed E-state index contributed by atoms with van der Waals surface area (Å²) in [6.07, 6.45) is 0. The maximum atomic E-state index is 12.0. The number of nitrogens with zero attached hydrogens (tertiary/aromatic N) is 1. The van der Waals surface area contributed by atoms with Crippen LogP contribution in [0.2, 0.25) is 0 Å². The fourth-order valence-electron chi connectivity index (χ4n) is 1.96. The number of amides is 2. The molecule has 5 nitrogen and oxygen atoms in total. The minimum Gasteiger partial charge on any atom is -0.343 e. The first-order chi connectivity index (χ1) is 10.6. The van der Waals surface area contributed by atoms with Gasteiger partial charge in [0, 0.05) is 11.3 Å². The summed E-state index contributed by atoms with van der Waals surface area (Å²) < 4.78 is 0. The van der Waals surface area contributed by atoms with Crippen LogP contribution in [0.5, 0.6) is 0 Å². The van der Waals surface area contributed by atoms with Crippen molar-refractivity contribution in [1.29, 1.82) is 5.26 Å². The van der Waals surface area contributed by atoms with Crippen molar-refractivity contribution in [2.45, 2.75) is 6.92 Å². The molecule has 0 bridgehead atoms. The highest BCUT2D eigenvalue weighted by molar-refractivity contribution is 6.00. The van der Waals surface area contributed by atoms with Gasteiger partial charge in [0.25, 0.3) is 5.91 Å². The molecular formula is C17H15N3O2. The molecule has 110 valence electrons. The second kappa shape index (κ2) is 7.04. The van der Waals surface area contributed by atoms with Crippen molar-refractivity contribution in [2.75, 3.05) is 11.9 Å². The summed E-state index contributed by atoms with van der Waals surface area (Å²) in [5.41, 5.74) is 2.37. The largest absolute Gasteiger partial charge is 0.343 e. The molecule has 0 atom stereocenters. The van der Waals surface area contributed by atoms with Crippen LogP contribution >= 0.6 is 0 Å². The van der Waals surface area contributed by atoms with Gasteiger partial charge in [-0.3, -0.25) is 9.59 Å². The Balaban J connectivity index is 1.92. The predicted octanol–water partition coefficient (Wildman–Crippen LogP) is 2.24. The molecule has 2 N–H and O–H groups in total. The van der Waals surface area contributed by atoms with Crippen LogP contribution in [0.15, 0.2) is 48.5 Å². The molecule has 2 aromatic carbocycles. The number of benzene rings is 2. The predicted molar refractivity (Wildman–Crippen MR) is 83.3 cm³/mol. The summed E-state index contributed by atoms with van der Waals surface area (Å²) in [5, 5.41) is 14.0. The van der Waals surface area contributed by atoms with Crippen LogP contribution in [0.4, 0.5) is 5.69 Å². The smallest absolute Gasteiger partial charge is 0.251 e. The monoisotopic (exact) mass is 293 g/mol. The fourth-order valence-corrected chi connectivity index (χ4v) is 1.96. The van der Waals surface area contributed by atoms with Crippen molar-refractivity contribution >= 4 is 17.5 Å². The van der Waals surface area contributed by atoms with E-state index in [2.05, 4.69) is 10.6 Å². The quantitative estimate of drug-likeness (QED) is 0.907. The van der Waals surface area contributed by atoms with E-state index in [-0.39, 0.29) is 18.4 Å². The number of aryl methyl sites for hydroxylation is 1. The summed E-state index contributed by atoms with van der Waals surface area (Å²) in [6.45, 7) is 1.70. The summed E-state index contributed by atoms with van der Waals surface area (Å²) in [4.78, 5) is 23.8. The molecule has 22 heavy (non-hydrogen) atoms. The zero-order valence-corrected chi connectivity index (χ0v) is 12.1. The van der Waals surface area contributed by atoms with Crippen LogP contribution in [-0.2, 0) is 4.79 Å². The van der Waals surface area contributed by atoms with Gasteiger partial charge in [-0.25, -0.2) is 0 Å². The second-order valence-electron chi connectivity index (χ2n) is 4.74. The minimum absolute atomic E-state index is 0.135. The lowest BCUT2D eigenvalue weighted by atomic mass is 10.1. The van der Waals surface area contributed by atoms with E-state index in [1.54, 1.807) is 36.4 Å². The zero-order valence-electron chi connectivity index (χ0n) is 12.1. The molecule has 2 rings (SSSR count). The molecule has 0 radical (unpaired) electrons. The fraction of sp³-hybridized carbons (Fsp3) is 0.118. The molecule has 0 aliphatic rings. The van der Waals surface area contributed by atoms with Gasteiger partial charge in [0.15, 0.2) is 0 Å². The van der Waals surface area contributed by atoms with Gasteiger partial charge in [0.1, 0.15) is 0 Å². The summed E-state index contributed by atoms with van der Waals surface area (Å²) in [7, 11) is 0. The number of anilines is 1. The molecule has 0 heterocycles. The van der Waals surface area contributed by atoms with Crippen molar-refractivity contribution in [1.82, 2.24) is 5.32 Å².